The molecule has 1 fully saturated rings. The molecule has 0 atom stereocenters. The Hall–Kier alpha value is -2.63. The van der Waals surface area contributed by atoms with Crippen LogP contribution in [0.2, 0.25) is 0 Å². The van der Waals surface area contributed by atoms with Gasteiger partial charge in [0.05, 0.1) is 12.7 Å². The van der Waals surface area contributed by atoms with Crippen molar-refractivity contribution in [3.63, 3.8) is 0 Å². The van der Waals surface area contributed by atoms with E-state index in [2.05, 4.69) is 48.5 Å². The number of hydrogen-bond acceptors (Lipinski definition) is 4. The molecule has 0 bridgehead atoms. The van der Waals surface area contributed by atoms with Crippen molar-refractivity contribution < 1.29 is 9.90 Å². The Bertz CT molecular complexity index is 849. The van der Waals surface area contributed by atoms with Crippen LogP contribution in [0.25, 0.3) is 0 Å². The maximum Gasteiger partial charge on any atom is 0.275 e. The van der Waals surface area contributed by atoms with Crippen LogP contribution in [0.1, 0.15) is 54.2 Å². The molecule has 6 heteroatoms. The molecule has 1 aliphatic rings. The highest BCUT2D eigenvalue weighted by molar-refractivity contribution is 5.92. The zero-order chi connectivity index (χ0) is 18.2. The number of carbonyl (C=O) groups excluding carboxylic acids is 1. The minimum Gasteiger partial charge on any atom is -0.503 e. The molecule has 0 aliphatic heterocycles. The van der Waals surface area contributed by atoms with Crippen LogP contribution in [0.3, 0.4) is 0 Å². The van der Waals surface area contributed by atoms with Crippen LogP contribution in [-0.2, 0) is 12.0 Å². The summed E-state index contributed by atoms with van der Waals surface area (Å²) >= 11 is 0. The van der Waals surface area contributed by atoms with Crippen LogP contribution < -0.4 is 10.7 Å². The van der Waals surface area contributed by atoms with Gasteiger partial charge in [-0.1, -0.05) is 38.1 Å². The number of nitrogens with one attached hydrogen (secondary N) is 1. The van der Waals surface area contributed by atoms with Crippen molar-refractivity contribution in [3.8, 4) is 5.75 Å². The van der Waals surface area contributed by atoms with Gasteiger partial charge in [0.15, 0.2) is 11.4 Å². The van der Waals surface area contributed by atoms with Crippen LogP contribution in [0.15, 0.2) is 35.3 Å². The summed E-state index contributed by atoms with van der Waals surface area (Å²) in [5.41, 5.74) is 1.43. The van der Waals surface area contributed by atoms with Gasteiger partial charge in [-0.25, -0.2) is 0 Å². The van der Waals surface area contributed by atoms with E-state index in [1.54, 1.807) is 0 Å². The van der Waals surface area contributed by atoms with Crippen LogP contribution in [0.5, 0.6) is 5.75 Å². The number of amides is 1. The minimum absolute atomic E-state index is 0.0516. The molecule has 1 amide bonds. The molecular weight excluding hydrogens is 318 g/mol. The molecule has 1 aromatic carbocycles. The summed E-state index contributed by atoms with van der Waals surface area (Å²) < 4.78 is 1.50. The van der Waals surface area contributed by atoms with E-state index >= 15 is 0 Å². The highest BCUT2D eigenvalue weighted by Gasteiger charge is 2.44. The first-order valence-corrected chi connectivity index (χ1v) is 8.49. The number of rotatable bonds is 5. The van der Waals surface area contributed by atoms with Crippen LogP contribution in [0, 0.1) is 0 Å². The molecule has 3 rings (SSSR count). The molecule has 0 radical (unpaired) electrons. The van der Waals surface area contributed by atoms with Gasteiger partial charge in [0.25, 0.3) is 11.3 Å². The maximum atomic E-state index is 11.9. The lowest BCUT2D eigenvalue weighted by Gasteiger charge is -2.18. The molecular formula is C19H23N3O3. The van der Waals surface area contributed by atoms with Gasteiger partial charge in [-0.2, -0.15) is 5.10 Å². The number of hydrogen-bond donors (Lipinski definition) is 2. The molecule has 0 saturated heterocycles. The monoisotopic (exact) mass is 341 g/mol. The first kappa shape index (κ1) is 17.2. The molecule has 1 aliphatic carbocycles. The third-order valence-electron chi connectivity index (χ3n) is 4.90. The topological polar surface area (TPSA) is 84.2 Å². The standard InChI is InChI=1S/C19H23N3O3/c1-12(2)13-4-6-14(7-5-13)19(8-9-19)11-22-10-15(23)17(24)16(21-22)18(25)20-3/h4-7,10,12,23H,8-9,11H2,1-3H3,(H,20,25). The molecule has 2 aromatic rings. The fraction of sp³-hybridized carbons (Fsp3) is 0.421. The second-order valence-corrected chi connectivity index (χ2v) is 7.03. The van der Waals surface area contributed by atoms with Gasteiger partial charge in [0.2, 0.25) is 0 Å². The van der Waals surface area contributed by atoms with Crippen molar-refractivity contribution in [1.82, 2.24) is 15.1 Å². The summed E-state index contributed by atoms with van der Waals surface area (Å²) in [6, 6.07) is 8.58. The Morgan fingerprint density at radius 2 is 1.96 bits per heavy atom. The van der Waals surface area contributed by atoms with Crippen LogP contribution in [0.4, 0.5) is 0 Å². The Kier molecular flexibility index (Phi) is 4.37. The van der Waals surface area contributed by atoms with E-state index in [-0.39, 0.29) is 11.1 Å². The van der Waals surface area contributed by atoms with E-state index in [0.717, 1.165) is 12.8 Å². The van der Waals surface area contributed by atoms with E-state index in [9.17, 15) is 14.7 Å². The third kappa shape index (κ3) is 3.29. The molecule has 1 heterocycles. The smallest absolute Gasteiger partial charge is 0.275 e. The summed E-state index contributed by atoms with van der Waals surface area (Å²) in [5, 5.41) is 16.4. The SMILES string of the molecule is CNC(=O)c1nn(CC2(c3ccc(C(C)C)cc3)CC2)cc(O)c1=O. The van der Waals surface area contributed by atoms with E-state index in [0.29, 0.717) is 12.5 Å². The van der Waals surface area contributed by atoms with E-state index < -0.39 is 17.1 Å². The number of aromatic nitrogens is 2. The number of aromatic hydroxyl groups is 1. The zero-order valence-corrected chi connectivity index (χ0v) is 14.7. The van der Waals surface area contributed by atoms with Gasteiger partial charge in [-0.05, 0) is 29.9 Å². The van der Waals surface area contributed by atoms with E-state index in [1.807, 2.05) is 0 Å². The molecule has 2 N–H and O–H groups in total. The fourth-order valence-electron chi connectivity index (χ4n) is 3.09. The lowest BCUT2D eigenvalue weighted by molar-refractivity contribution is 0.0953. The Morgan fingerprint density at radius 3 is 2.48 bits per heavy atom. The maximum absolute atomic E-state index is 11.9. The Morgan fingerprint density at radius 1 is 1.32 bits per heavy atom. The summed E-state index contributed by atoms with van der Waals surface area (Å²) in [4.78, 5) is 23.7. The van der Waals surface area contributed by atoms with Crippen LogP contribution in [-0.4, -0.2) is 27.8 Å². The summed E-state index contributed by atoms with van der Waals surface area (Å²) in [6.45, 7) is 4.84. The molecule has 0 unspecified atom stereocenters. The van der Waals surface area contributed by atoms with Gasteiger partial charge >= 0.3 is 0 Å². The second-order valence-electron chi connectivity index (χ2n) is 7.03. The normalized spacial score (nSPS) is 15.2. The zero-order valence-electron chi connectivity index (χ0n) is 14.7. The molecule has 132 valence electrons. The lowest BCUT2D eigenvalue weighted by Crippen LogP contribution is -2.30. The summed E-state index contributed by atoms with van der Waals surface area (Å²) in [7, 11) is 1.43. The number of benzene rings is 1. The molecule has 1 aromatic heterocycles. The van der Waals surface area contributed by atoms with Crippen molar-refractivity contribution in [1.29, 1.82) is 0 Å². The summed E-state index contributed by atoms with van der Waals surface area (Å²) in [6.07, 6.45) is 3.33. The average Bonchev–Trinajstić information content (AvgIpc) is 3.38. The Labute approximate surface area is 146 Å². The van der Waals surface area contributed by atoms with Crippen molar-refractivity contribution in [2.75, 3.05) is 7.05 Å². The van der Waals surface area contributed by atoms with Crippen LogP contribution >= 0.6 is 0 Å². The van der Waals surface area contributed by atoms with Crippen molar-refractivity contribution in [2.24, 2.45) is 0 Å². The molecule has 1 saturated carbocycles. The first-order valence-electron chi connectivity index (χ1n) is 8.49. The van der Waals surface area contributed by atoms with Gasteiger partial charge in [-0.3, -0.25) is 14.3 Å². The molecule has 25 heavy (non-hydrogen) atoms. The lowest BCUT2D eigenvalue weighted by atomic mass is 9.93. The van der Waals surface area contributed by atoms with Crippen molar-refractivity contribution in [3.05, 3.63) is 57.5 Å². The van der Waals surface area contributed by atoms with Gasteiger partial charge < -0.3 is 10.4 Å². The van der Waals surface area contributed by atoms with Crippen molar-refractivity contribution in [2.45, 2.75) is 44.6 Å². The van der Waals surface area contributed by atoms with Gasteiger partial charge in [0.1, 0.15) is 0 Å². The average molecular weight is 341 g/mol. The quantitative estimate of drug-likeness (QED) is 0.873. The van der Waals surface area contributed by atoms with Gasteiger partial charge in [-0.15, -0.1) is 0 Å². The number of carbonyl (C=O) groups is 1. The fourth-order valence-corrected chi connectivity index (χ4v) is 3.09. The van der Waals surface area contributed by atoms with Gasteiger partial charge in [0, 0.05) is 12.5 Å². The Balaban J connectivity index is 1.90. The largest absolute Gasteiger partial charge is 0.503 e. The molecule has 6 nitrogen and oxygen atoms in total. The van der Waals surface area contributed by atoms with E-state index in [1.165, 1.54) is 29.1 Å². The molecule has 0 spiro atoms. The van der Waals surface area contributed by atoms with E-state index in [4.69, 9.17) is 0 Å². The number of nitrogens with zero attached hydrogens (tertiary/aromatic N) is 2. The predicted octanol–water partition coefficient (Wildman–Crippen LogP) is 2.16. The first-order chi connectivity index (χ1) is 11.9. The minimum atomic E-state index is -0.748. The second kappa shape index (κ2) is 6.35. The van der Waals surface area contributed by atoms with Crippen molar-refractivity contribution >= 4 is 5.91 Å². The summed E-state index contributed by atoms with van der Waals surface area (Å²) in [5.74, 6) is -0.572. The highest BCUT2D eigenvalue weighted by Crippen LogP contribution is 2.49. The predicted molar refractivity (Wildman–Crippen MR) is 95.0 cm³/mol. The third-order valence-corrected chi connectivity index (χ3v) is 4.90. The highest BCUT2D eigenvalue weighted by atomic mass is 16.3.